The van der Waals surface area contributed by atoms with Gasteiger partial charge in [-0.15, -0.1) is 0 Å². The van der Waals surface area contributed by atoms with Gasteiger partial charge in [-0.2, -0.15) is 5.10 Å². The van der Waals surface area contributed by atoms with Gasteiger partial charge in [-0.3, -0.25) is 9.48 Å². The summed E-state index contributed by atoms with van der Waals surface area (Å²) in [5.74, 6) is 0.0612. The van der Waals surface area contributed by atoms with Crippen LogP contribution in [-0.4, -0.2) is 15.6 Å². The number of hydrogen-bond donors (Lipinski definition) is 0. The predicted octanol–water partition coefficient (Wildman–Crippen LogP) is 3.67. The molecule has 0 radical (unpaired) electrons. The van der Waals surface area contributed by atoms with Gasteiger partial charge in [0.1, 0.15) is 0 Å². The Morgan fingerprint density at radius 1 is 1.47 bits per heavy atom. The van der Waals surface area contributed by atoms with E-state index in [1.165, 1.54) is 0 Å². The highest BCUT2D eigenvalue weighted by molar-refractivity contribution is 14.1. The molecule has 1 aromatic heterocycles. The lowest BCUT2D eigenvalue weighted by Gasteiger charge is -2.03. The molecule has 0 amide bonds. The quantitative estimate of drug-likeness (QED) is 0.592. The van der Waals surface area contributed by atoms with Gasteiger partial charge in [-0.05, 0) is 41.1 Å². The zero-order valence-corrected chi connectivity index (χ0v) is 13.7. The van der Waals surface area contributed by atoms with Crippen LogP contribution in [0, 0.1) is 3.57 Å². The summed E-state index contributed by atoms with van der Waals surface area (Å²) in [7, 11) is 1.82. The Labute approximate surface area is 131 Å². The van der Waals surface area contributed by atoms with Gasteiger partial charge in [-0.1, -0.05) is 30.7 Å². The molecule has 1 aromatic carbocycles. The van der Waals surface area contributed by atoms with Crippen molar-refractivity contribution in [2.75, 3.05) is 0 Å². The summed E-state index contributed by atoms with van der Waals surface area (Å²) in [5.41, 5.74) is 2.33. The SMILES string of the molecule is CCc1nn(C)c(CC(=O)c2cccc(I)c2)c1Cl. The van der Waals surface area contributed by atoms with Crippen molar-refractivity contribution in [3.63, 3.8) is 0 Å². The van der Waals surface area contributed by atoms with E-state index in [-0.39, 0.29) is 12.2 Å². The van der Waals surface area contributed by atoms with Crippen molar-refractivity contribution in [1.29, 1.82) is 0 Å². The van der Waals surface area contributed by atoms with Gasteiger partial charge in [0.15, 0.2) is 5.78 Å². The molecule has 2 rings (SSSR count). The molecule has 0 aliphatic rings. The summed E-state index contributed by atoms with van der Waals surface area (Å²) in [4.78, 5) is 12.3. The summed E-state index contributed by atoms with van der Waals surface area (Å²) in [6.45, 7) is 2.00. The first-order valence-corrected chi connectivity index (χ1v) is 7.47. The van der Waals surface area contributed by atoms with Crippen LogP contribution < -0.4 is 0 Å². The molecule has 3 nitrogen and oxygen atoms in total. The first-order chi connectivity index (χ1) is 9.02. The van der Waals surface area contributed by atoms with Crippen molar-refractivity contribution in [2.45, 2.75) is 19.8 Å². The van der Waals surface area contributed by atoms with Crippen molar-refractivity contribution >= 4 is 40.0 Å². The summed E-state index contributed by atoms with van der Waals surface area (Å²) in [6.07, 6.45) is 1.05. The van der Waals surface area contributed by atoms with Gasteiger partial charge in [-0.25, -0.2) is 0 Å². The van der Waals surface area contributed by atoms with E-state index >= 15 is 0 Å². The van der Waals surface area contributed by atoms with E-state index in [1.807, 2.05) is 38.2 Å². The lowest BCUT2D eigenvalue weighted by molar-refractivity contribution is 0.0990. The van der Waals surface area contributed by atoms with E-state index in [2.05, 4.69) is 27.7 Å². The number of ketones is 1. The second-order valence-corrected chi connectivity index (χ2v) is 5.92. The molecule has 0 fully saturated rings. The zero-order chi connectivity index (χ0) is 14.0. The van der Waals surface area contributed by atoms with E-state index in [9.17, 15) is 4.79 Å². The fourth-order valence-electron chi connectivity index (χ4n) is 1.93. The lowest BCUT2D eigenvalue weighted by Crippen LogP contribution is -2.08. The Kier molecular flexibility index (Phi) is 4.62. The van der Waals surface area contributed by atoms with Crippen molar-refractivity contribution in [1.82, 2.24) is 9.78 Å². The van der Waals surface area contributed by atoms with Crippen LogP contribution in [0.4, 0.5) is 0 Å². The lowest BCUT2D eigenvalue weighted by atomic mass is 10.1. The second-order valence-electron chi connectivity index (χ2n) is 4.29. The monoisotopic (exact) mass is 388 g/mol. The van der Waals surface area contributed by atoms with Crippen molar-refractivity contribution in [3.05, 3.63) is 49.8 Å². The summed E-state index contributed by atoms with van der Waals surface area (Å²) < 4.78 is 2.75. The van der Waals surface area contributed by atoms with Gasteiger partial charge in [0, 0.05) is 16.2 Å². The molecule has 0 aliphatic carbocycles. The second kappa shape index (κ2) is 6.05. The molecule has 0 atom stereocenters. The Morgan fingerprint density at radius 3 is 2.79 bits per heavy atom. The van der Waals surface area contributed by atoms with Crippen LogP contribution in [-0.2, 0) is 19.9 Å². The van der Waals surface area contributed by atoms with E-state index in [0.29, 0.717) is 10.6 Å². The average molecular weight is 389 g/mol. The molecule has 0 saturated carbocycles. The smallest absolute Gasteiger partial charge is 0.168 e. The zero-order valence-electron chi connectivity index (χ0n) is 10.8. The van der Waals surface area contributed by atoms with Gasteiger partial charge in [0.05, 0.1) is 22.8 Å². The summed E-state index contributed by atoms with van der Waals surface area (Å²) >= 11 is 8.45. The highest BCUT2D eigenvalue weighted by Gasteiger charge is 2.17. The van der Waals surface area contributed by atoms with E-state index in [4.69, 9.17) is 11.6 Å². The van der Waals surface area contributed by atoms with Gasteiger partial charge in [0.25, 0.3) is 0 Å². The van der Waals surface area contributed by atoms with Gasteiger partial charge in [0.2, 0.25) is 0 Å². The van der Waals surface area contributed by atoms with Crippen molar-refractivity contribution in [2.24, 2.45) is 7.05 Å². The first-order valence-electron chi connectivity index (χ1n) is 6.02. The molecule has 1 heterocycles. The Bertz CT molecular complexity index is 622. The van der Waals surface area contributed by atoms with Gasteiger partial charge >= 0.3 is 0 Å². The minimum Gasteiger partial charge on any atom is -0.294 e. The average Bonchev–Trinajstić information content (AvgIpc) is 2.66. The number of halogens is 2. The topological polar surface area (TPSA) is 34.9 Å². The molecular formula is C14H14ClIN2O. The van der Waals surface area contributed by atoms with Crippen molar-refractivity contribution in [3.8, 4) is 0 Å². The highest BCUT2D eigenvalue weighted by atomic mass is 127. The van der Waals surface area contributed by atoms with Crippen LogP contribution in [0.5, 0.6) is 0 Å². The third kappa shape index (κ3) is 3.17. The van der Waals surface area contributed by atoms with Crippen LogP contribution in [0.1, 0.15) is 28.7 Å². The molecule has 100 valence electrons. The molecule has 0 saturated heterocycles. The van der Waals surface area contributed by atoms with Crippen molar-refractivity contribution < 1.29 is 4.79 Å². The number of carbonyl (C=O) groups excluding carboxylic acids is 1. The van der Waals surface area contributed by atoms with Crippen LogP contribution in [0.15, 0.2) is 24.3 Å². The predicted molar refractivity (Wildman–Crippen MR) is 84.8 cm³/mol. The fraction of sp³-hybridized carbons (Fsp3) is 0.286. The first kappa shape index (κ1) is 14.5. The molecule has 0 aliphatic heterocycles. The molecule has 2 aromatic rings. The maximum Gasteiger partial charge on any atom is 0.168 e. The van der Waals surface area contributed by atoms with Crippen LogP contribution >= 0.6 is 34.2 Å². The minimum atomic E-state index is 0.0612. The maximum atomic E-state index is 12.3. The number of Topliss-reactive ketones (excluding diaryl/α,β-unsaturated/α-hetero) is 1. The number of aryl methyl sites for hydroxylation is 2. The number of rotatable bonds is 4. The minimum absolute atomic E-state index is 0.0612. The molecule has 0 N–H and O–H groups in total. The van der Waals surface area contributed by atoms with E-state index in [0.717, 1.165) is 21.4 Å². The number of hydrogen-bond acceptors (Lipinski definition) is 2. The van der Waals surface area contributed by atoms with Crippen LogP contribution in [0.3, 0.4) is 0 Å². The van der Waals surface area contributed by atoms with E-state index in [1.54, 1.807) is 4.68 Å². The maximum absolute atomic E-state index is 12.3. The number of benzene rings is 1. The number of nitrogens with zero attached hydrogens (tertiary/aromatic N) is 2. The summed E-state index contributed by atoms with van der Waals surface area (Å²) in [5, 5.41) is 4.94. The Balaban J connectivity index is 2.27. The number of carbonyl (C=O) groups is 1. The number of aromatic nitrogens is 2. The molecule has 19 heavy (non-hydrogen) atoms. The van der Waals surface area contributed by atoms with Gasteiger partial charge < -0.3 is 0 Å². The third-order valence-corrected chi connectivity index (χ3v) is 4.08. The Morgan fingerprint density at radius 2 is 2.21 bits per heavy atom. The molecule has 0 spiro atoms. The molecule has 0 bridgehead atoms. The van der Waals surface area contributed by atoms with Crippen LogP contribution in [0.25, 0.3) is 0 Å². The molecular weight excluding hydrogens is 375 g/mol. The summed E-state index contributed by atoms with van der Waals surface area (Å²) in [6, 6.07) is 7.56. The molecule has 0 unspecified atom stereocenters. The normalized spacial score (nSPS) is 10.7. The standard InChI is InChI=1S/C14H14ClIN2O/c1-3-11-14(15)12(18(2)17-11)8-13(19)9-5-4-6-10(16)7-9/h4-7H,3,8H2,1-2H3. The highest BCUT2D eigenvalue weighted by Crippen LogP contribution is 2.22. The Hall–Kier alpha value is -0.880. The molecule has 5 heteroatoms. The largest absolute Gasteiger partial charge is 0.294 e. The third-order valence-electron chi connectivity index (χ3n) is 2.98. The fourth-order valence-corrected chi connectivity index (χ4v) is 2.83. The van der Waals surface area contributed by atoms with Crippen LogP contribution in [0.2, 0.25) is 5.02 Å². The van der Waals surface area contributed by atoms with E-state index < -0.39 is 0 Å².